The average molecular weight is 703 g/mol. The second-order valence-corrected chi connectivity index (χ2v) is 15.6. The van der Waals surface area contributed by atoms with Crippen LogP contribution in [0.25, 0.3) is 0 Å². The monoisotopic (exact) mass is 702 g/mol. The smallest absolute Gasteiger partial charge is 0.331 e. The summed E-state index contributed by atoms with van der Waals surface area (Å²) < 4.78 is 2.63. The number of anilines is 2. The maximum absolute atomic E-state index is 13.7. The van der Waals surface area contributed by atoms with Crippen molar-refractivity contribution in [2.45, 2.75) is 77.0 Å². The summed E-state index contributed by atoms with van der Waals surface area (Å²) in [5.74, 6) is -1.82. The molecule has 0 N–H and O–H groups in total. The Kier molecular flexibility index (Phi) is 8.15. The Bertz CT molecular complexity index is 1990. The first-order valence-corrected chi connectivity index (χ1v) is 17.9. The molecular weight excluding hydrogens is 660 g/mol. The van der Waals surface area contributed by atoms with Crippen LogP contribution < -0.4 is 19.5 Å². The first kappa shape index (κ1) is 33.6. The van der Waals surface area contributed by atoms with E-state index in [1.54, 1.807) is 0 Å². The highest BCUT2D eigenvalue weighted by atomic mass is 16.7. The predicted octanol–water partition coefficient (Wildman–Crippen LogP) is 4.11. The summed E-state index contributed by atoms with van der Waals surface area (Å²) in [7, 11) is 0. The summed E-state index contributed by atoms with van der Waals surface area (Å²) in [6.45, 7) is 9.88. The van der Waals surface area contributed by atoms with E-state index in [-0.39, 0.29) is 34.5 Å². The molecular formula is C40H42N6O6. The minimum atomic E-state index is -0.771. The number of hydrogen-bond acceptors (Lipinski definition) is 8. The van der Waals surface area contributed by atoms with Crippen molar-refractivity contribution in [3.8, 4) is 0 Å². The van der Waals surface area contributed by atoms with Crippen molar-refractivity contribution in [3.63, 3.8) is 0 Å². The van der Waals surface area contributed by atoms with Crippen molar-refractivity contribution in [1.29, 1.82) is 0 Å². The molecule has 8 rings (SSSR count). The molecule has 4 aliphatic rings. The van der Waals surface area contributed by atoms with E-state index in [9.17, 15) is 19.2 Å². The summed E-state index contributed by atoms with van der Waals surface area (Å²) in [6.07, 6.45) is 8.01. The van der Waals surface area contributed by atoms with Gasteiger partial charge in [0.2, 0.25) is 11.8 Å². The van der Waals surface area contributed by atoms with E-state index in [1.807, 2.05) is 46.2 Å². The third-order valence-electron chi connectivity index (χ3n) is 11.1. The van der Waals surface area contributed by atoms with Crippen LogP contribution in [0.1, 0.15) is 74.4 Å². The number of hydrogen-bond donors (Lipinski definition) is 0. The number of carbonyl (C=O) groups is 4. The van der Waals surface area contributed by atoms with Crippen LogP contribution in [0.5, 0.6) is 0 Å². The van der Waals surface area contributed by atoms with Gasteiger partial charge in [-0.1, -0.05) is 64.1 Å². The van der Waals surface area contributed by atoms with Crippen molar-refractivity contribution in [3.05, 3.63) is 107 Å². The molecule has 4 heterocycles. The number of para-hydroxylation sites is 2. The van der Waals surface area contributed by atoms with Gasteiger partial charge in [-0.2, -0.15) is 9.46 Å². The fraction of sp³-hybridized carbons (Fsp3) is 0.400. The second kappa shape index (κ2) is 12.6. The lowest BCUT2D eigenvalue weighted by molar-refractivity contribution is -0.141. The molecule has 2 aliphatic heterocycles. The molecule has 0 saturated carbocycles. The van der Waals surface area contributed by atoms with Crippen LogP contribution in [0.2, 0.25) is 0 Å². The third kappa shape index (κ3) is 5.89. The zero-order chi connectivity index (χ0) is 36.4. The first-order valence-electron chi connectivity index (χ1n) is 17.9. The van der Waals surface area contributed by atoms with Crippen molar-refractivity contribution < 1.29 is 28.9 Å². The van der Waals surface area contributed by atoms with Crippen LogP contribution in [0, 0.1) is 11.8 Å². The fourth-order valence-corrected chi connectivity index (χ4v) is 8.43. The zero-order valence-corrected chi connectivity index (χ0v) is 29.9. The van der Waals surface area contributed by atoms with Gasteiger partial charge in [-0.05, 0) is 48.9 Å². The largest absolute Gasteiger partial charge is 0.356 e. The molecule has 4 aromatic rings. The van der Waals surface area contributed by atoms with Crippen LogP contribution in [0.15, 0.2) is 73.3 Å². The van der Waals surface area contributed by atoms with Crippen LogP contribution >= 0.6 is 0 Å². The van der Waals surface area contributed by atoms with Crippen LogP contribution in [0.3, 0.4) is 0 Å². The summed E-state index contributed by atoms with van der Waals surface area (Å²) in [5.41, 5.74) is 6.94. The number of carbonyl (C=O) groups excluding carboxylic acids is 4. The van der Waals surface area contributed by atoms with E-state index >= 15 is 0 Å². The molecule has 2 aromatic heterocycles. The zero-order valence-electron chi connectivity index (χ0n) is 29.9. The Hall–Kier alpha value is -5.52. The van der Waals surface area contributed by atoms with Gasteiger partial charge < -0.3 is 19.5 Å². The predicted molar refractivity (Wildman–Crippen MR) is 191 cm³/mol. The highest BCUT2D eigenvalue weighted by molar-refractivity contribution is 5.99. The molecule has 52 heavy (non-hydrogen) atoms. The van der Waals surface area contributed by atoms with Crippen molar-refractivity contribution in [2.24, 2.45) is 11.8 Å². The molecule has 2 aromatic carbocycles. The second-order valence-electron chi connectivity index (χ2n) is 15.6. The first-order chi connectivity index (χ1) is 24.9. The number of amides is 2. The molecule has 268 valence electrons. The Morgan fingerprint density at radius 1 is 0.654 bits per heavy atom. The van der Waals surface area contributed by atoms with Gasteiger partial charge >= 0.3 is 11.9 Å². The van der Waals surface area contributed by atoms with Gasteiger partial charge in [0.05, 0.1) is 22.8 Å². The van der Waals surface area contributed by atoms with Crippen molar-refractivity contribution in [1.82, 2.24) is 19.4 Å². The number of fused-ring (bicyclic) bond motifs is 4. The fourth-order valence-electron chi connectivity index (χ4n) is 8.43. The normalized spacial score (nSPS) is 20.9. The van der Waals surface area contributed by atoms with Gasteiger partial charge in [0, 0.05) is 72.1 Å². The Balaban J connectivity index is 0.851. The van der Waals surface area contributed by atoms with Crippen LogP contribution in [0.4, 0.5) is 11.4 Å². The average Bonchev–Trinajstić information content (AvgIpc) is 3.87. The lowest BCUT2D eigenvalue weighted by Crippen LogP contribution is -2.40. The van der Waals surface area contributed by atoms with E-state index in [0.29, 0.717) is 51.6 Å². The molecule has 2 amide bonds. The lowest BCUT2D eigenvalue weighted by atomic mass is 9.87. The topological polar surface area (TPSA) is 129 Å². The Morgan fingerprint density at radius 2 is 1.06 bits per heavy atom. The van der Waals surface area contributed by atoms with Crippen LogP contribution in [-0.2, 0) is 55.7 Å². The summed E-state index contributed by atoms with van der Waals surface area (Å²) >= 11 is 0. The maximum Gasteiger partial charge on any atom is 0.356 e. The van der Waals surface area contributed by atoms with Gasteiger partial charge in [-0.3, -0.25) is 9.59 Å². The SMILES string of the molecule is CC1(C)CN(C(=O)C2CCc3c(ncn3OC(=O)/C=C/C(=O)On3cnc4c3CCC(C(=O)N3CC(C)(C)c5ccccc53)C4)C2)c2ccccc21. The van der Waals surface area contributed by atoms with Gasteiger partial charge in [-0.15, -0.1) is 0 Å². The van der Waals surface area contributed by atoms with E-state index < -0.39 is 11.9 Å². The molecule has 0 fully saturated rings. The maximum atomic E-state index is 13.7. The molecule has 12 nitrogen and oxygen atoms in total. The van der Waals surface area contributed by atoms with Gasteiger partial charge in [0.1, 0.15) is 12.7 Å². The van der Waals surface area contributed by atoms with Crippen LogP contribution in [-0.4, -0.2) is 56.3 Å². The summed E-state index contributed by atoms with van der Waals surface area (Å²) in [6, 6.07) is 16.1. The molecule has 2 atom stereocenters. The molecule has 0 radical (unpaired) electrons. The number of rotatable bonds is 6. The van der Waals surface area contributed by atoms with E-state index in [4.69, 9.17) is 9.68 Å². The molecule has 0 saturated heterocycles. The number of nitrogens with zero attached hydrogens (tertiary/aromatic N) is 6. The third-order valence-corrected chi connectivity index (χ3v) is 11.1. The number of benzene rings is 2. The minimum absolute atomic E-state index is 0.0847. The number of aromatic nitrogens is 4. The minimum Gasteiger partial charge on any atom is -0.331 e. The summed E-state index contributed by atoms with van der Waals surface area (Å²) in [5, 5.41) is 0. The van der Waals surface area contributed by atoms with E-state index in [2.05, 4.69) is 49.8 Å². The highest BCUT2D eigenvalue weighted by Gasteiger charge is 2.42. The van der Waals surface area contributed by atoms with E-state index in [1.165, 1.54) is 33.2 Å². The van der Waals surface area contributed by atoms with Gasteiger partial charge in [0.25, 0.3) is 0 Å². The molecule has 0 bridgehead atoms. The Labute approximate surface area is 301 Å². The number of imidazole rings is 2. The standard InChI is InChI=1S/C40H42N6O6/c1-39(2)21-43(31-11-7-5-9-27(31)39)37(49)25-13-15-33-29(19-25)41-23-45(33)51-35(47)17-18-36(48)52-46-24-42-30-20-26(14-16-34(30)46)38(50)44-22-40(3,4)28-10-6-8-12-32(28)44/h5-12,17-18,23-26H,13-16,19-22H2,1-4H3/b18-17+. The van der Waals surface area contributed by atoms with E-state index in [0.717, 1.165) is 46.3 Å². The molecule has 0 spiro atoms. The molecule has 2 aliphatic carbocycles. The quantitative estimate of drug-likeness (QED) is 0.275. The molecule has 2 unspecified atom stereocenters. The lowest BCUT2D eigenvalue weighted by Gasteiger charge is -2.27. The van der Waals surface area contributed by atoms with Crippen molar-refractivity contribution >= 4 is 35.1 Å². The van der Waals surface area contributed by atoms with Gasteiger partial charge in [0.15, 0.2) is 0 Å². The highest BCUT2D eigenvalue weighted by Crippen LogP contribution is 2.43. The Morgan fingerprint density at radius 3 is 1.48 bits per heavy atom. The molecule has 12 heteroatoms. The van der Waals surface area contributed by atoms with Crippen molar-refractivity contribution in [2.75, 3.05) is 22.9 Å². The van der Waals surface area contributed by atoms with Gasteiger partial charge in [-0.25, -0.2) is 19.6 Å². The summed E-state index contributed by atoms with van der Waals surface area (Å²) in [4.78, 5) is 76.4.